The molecule has 0 spiro atoms. The summed E-state index contributed by atoms with van der Waals surface area (Å²) in [5.74, 6) is 0.262. The van der Waals surface area contributed by atoms with E-state index in [0.717, 1.165) is 25.9 Å². The monoisotopic (exact) mass is 242 g/mol. The first-order valence-corrected chi connectivity index (χ1v) is 5.81. The lowest BCUT2D eigenvalue weighted by Gasteiger charge is -2.23. The summed E-state index contributed by atoms with van der Waals surface area (Å²) in [6, 6.07) is 3.48. The number of carbonyl (C=O) groups is 1. The zero-order chi connectivity index (χ0) is 11.5. The molecule has 1 fully saturated rings. The molecule has 2 heterocycles. The molecule has 1 N–H and O–H groups in total. The maximum Gasteiger partial charge on any atom is 0.289 e. The van der Waals surface area contributed by atoms with Crippen molar-refractivity contribution in [3.8, 4) is 0 Å². The van der Waals surface area contributed by atoms with E-state index in [1.165, 1.54) is 0 Å². The van der Waals surface area contributed by atoms with E-state index in [0.29, 0.717) is 5.76 Å². The third-order valence-electron chi connectivity index (χ3n) is 2.86. The fourth-order valence-corrected chi connectivity index (χ4v) is 2.27. The minimum absolute atomic E-state index is 0.0651. The third-order valence-corrected chi connectivity index (χ3v) is 3.06. The van der Waals surface area contributed by atoms with E-state index in [4.69, 9.17) is 16.0 Å². The molecule has 1 amide bonds. The number of carbonyl (C=O) groups excluding carboxylic acids is 1. The van der Waals surface area contributed by atoms with Crippen molar-refractivity contribution in [2.45, 2.75) is 18.9 Å². The van der Waals surface area contributed by atoms with Gasteiger partial charge in [0.25, 0.3) is 5.91 Å². The Morgan fingerprint density at radius 2 is 2.50 bits per heavy atom. The molecule has 1 aliphatic rings. The van der Waals surface area contributed by atoms with Crippen LogP contribution in [-0.4, -0.2) is 37.0 Å². The molecule has 0 radical (unpaired) electrons. The van der Waals surface area contributed by atoms with Crippen LogP contribution < -0.4 is 5.32 Å². The summed E-state index contributed by atoms with van der Waals surface area (Å²) in [6.07, 6.45) is 2.09. The molecule has 0 saturated carbocycles. The average molecular weight is 243 g/mol. The zero-order valence-corrected chi connectivity index (χ0v) is 9.96. The van der Waals surface area contributed by atoms with Crippen molar-refractivity contribution in [2.75, 3.05) is 20.1 Å². The Bertz CT molecular complexity index is 378. The van der Waals surface area contributed by atoms with Crippen molar-refractivity contribution in [3.05, 3.63) is 23.1 Å². The van der Waals surface area contributed by atoms with Gasteiger partial charge >= 0.3 is 0 Å². The molecule has 5 heteroatoms. The van der Waals surface area contributed by atoms with Gasteiger partial charge in [0.2, 0.25) is 0 Å². The molecule has 1 unspecified atom stereocenters. The Hall–Kier alpha value is -1.00. The summed E-state index contributed by atoms with van der Waals surface area (Å²) in [7, 11) is 1.89. The van der Waals surface area contributed by atoms with E-state index in [-0.39, 0.29) is 17.2 Å². The largest absolute Gasteiger partial charge is 0.440 e. The second-order valence-electron chi connectivity index (χ2n) is 3.96. The molecule has 0 aromatic carbocycles. The minimum Gasteiger partial charge on any atom is -0.440 e. The average Bonchev–Trinajstić information content (AvgIpc) is 2.87. The molecule has 0 bridgehead atoms. The van der Waals surface area contributed by atoms with E-state index in [1.54, 1.807) is 12.1 Å². The van der Waals surface area contributed by atoms with Gasteiger partial charge in [0.15, 0.2) is 11.0 Å². The van der Waals surface area contributed by atoms with E-state index in [9.17, 15) is 4.79 Å². The lowest BCUT2D eigenvalue weighted by atomic mass is 10.2. The summed E-state index contributed by atoms with van der Waals surface area (Å²) in [5, 5.41) is 3.36. The van der Waals surface area contributed by atoms with Crippen LogP contribution in [0, 0.1) is 0 Å². The van der Waals surface area contributed by atoms with Crippen molar-refractivity contribution in [3.63, 3.8) is 0 Å². The molecule has 88 valence electrons. The number of rotatable bonds is 3. The lowest BCUT2D eigenvalue weighted by molar-refractivity contribution is 0.0705. The maximum atomic E-state index is 12.1. The number of nitrogens with zero attached hydrogens (tertiary/aromatic N) is 1. The van der Waals surface area contributed by atoms with Gasteiger partial charge in [-0.3, -0.25) is 4.79 Å². The van der Waals surface area contributed by atoms with Crippen LogP contribution in [0.4, 0.5) is 0 Å². The van der Waals surface area contributed by atoms with Crippen LogP contribution in [-0.2, 0) is 0 Å². The van der Waals surface area contributed by atoms with E-state index in [1.807, 2.05) is 11.9 Å². The van der Waals surface area contributed by atoms with Gasteiger partial charge in [-0.15, -0.1) is 0 Å². The molecule has 1 aliphatic heterocycles. The first-order valence-electron chi connectivity index (χ1n) is 5.43. The highest BCUT2D eigenvalue weighted by Gasteiger charge is 2.30. The van der Waals surface area contributed by atoms with Crippen LogP contribution in [0.5, 0.6) is 0 Å². The smallest absolute Gasteiger partial charge is 0.289 e. The van der Waals surface area contributed by atoms with Crippen molar-refractivity contribution >= 4 is 17.5 Å². The van der Waals surface area contributed by atoms with Gasteiger partial charge in [0.1, 0.15) is 0 Å². The fourth-order valence-electron chi connectivity index (χ4n) is 2.12. The van der Waals surface area contributed by atoms with Gasteiger partial charge < -0.3 is 14.6 Å². The van der Waals surface area contributed by atoms with Crippen LogP contribution in [0.3, 0.4) is 0 Å². The summed E-state index contributed by atoms with van der Waals surface area (Å²) in [6.45, 7) is 1.61. The minimum atomic E-state index is -0.0651. The predicted molar refractivity (Wildman–Crippen MR) is 61.7 cm³/mol. The topological polar surface area (TPSA) is 45.5 Å². The van der Waals surface area contributed by atoms with Gasteiger partial charge in [-0.1, -0.05) is 0 Å². The van der Waals surface area contributed by atoms with Crippen LogP contribution in [0.15, 0.2) is 16.5 Å². The third kappa shape index (κ3) is 2.23. The predicted octanol–water partition coefficient (Wildman–Crippen LogP) is 1.76. The van der Waals surface area contributed by atoms with Gasteiger partial charge in [-0.05, 0) is 43.6 Å². The molecular weight excluding hydrogens is 228 g/mol. The molecule has 1 saturated heterocycles. The highest BCUT2D eigenvalue weighted by Crippen LogP contribution is 2.21. The quantitative estimate of drug-likeness (QED) is 0.879. The van der Waals surface area contributed by atoms with Gasteiger partial charge in [0.05, 0.1) is 0 Å². The SMILES string of the molecule is CNCC1CCCN1C(=O)c1ccc(Cl)o1. The summed E-state index contributed by atoms with van der Waals surface area (Å²) < 4.78 is 5.14. The number of halogens is 1. The van der Waals surface area contributed by atoms with Crippen molar-refractivity contribution in [2.24, 2.45) is 0 Å². The van der Waals surface area contributed by atoms with E-state index >= 15 is 0 Å². The Morgan fingerprint density at radius 1 is 1.69 bits per heavy atom. The zero-order valence-electron chi connectivity index (χ0n) is 9.20. The molecule has 1 atom stereocenters. The molecule has 1 aromatic rings. The standard InChI is InChI=1S/C11H15ClN2O2/c1-13-7-8-3-2-6-14(8)11(15)9-4-5-10(12)16-9/h4-5,8,13H,2-3,6-7H2,1H3. The second kappa shape index (κ2) is 4.89. The second-order valence-corrected chi connectivity index (χ2v) is 4.33. The lowest BCUT2D eigenvalue weighted by Crippen LogP contribution is -2.40. The van der Waals surface area contributed by atoms with Crippen molar-refractivity contribution < 1.29 is 9.21 Å². The van der Waals surface area contributed by atoms with Crippen molar-refractivity contribution in [1.82, 2.24) is 10.2 Å². The molecule has 2 rings (SSSR count). The molecule has 4 nitrogen and oxygen atoms in total. The summed E-state index contributed by atoms with van der Waals surface area (Å²) >= 11 is 5.66. The maximum absolute atomic E-state index is 12.1. The van der Waals surface area contributed by atoms with Gasteiger partial charge in [0, 0.05) is 19.1 Å². The molecule has 16 heavy (non-hydrogen) atoms. The number of nitrogens with one attached hydrogen (secondary N) is 1. The molecule has 0 aliphatic carbocycles. The number of furan rings is 1. The number of amides is 1. The molecular formula is C11H15ClN2O2. The van der Waals surface area contributed by atoms with E-state index in [2.05, 4.69) is 5.32 Å². The molecule has 1 aromatic heterocycles. The number of hydrogen-bond donors (Lipinski definition) is 1. The van der Waals surface area contributed by atoms with Gasteiger partial charge in [-0.2, -0.15) is 0 Å². The van der Waals surface area contributed by atoms with Crippen LogP contribution in [0.25, 0.3) is 0 Å². The number of likely N-dealkylation sites (tertiary alicyclic amines) is 1. The fraction of sp³-hybridized carbons (Fsp3) is 0.545. The summed E-state index contributed by atoms with van der Waals surface area (Å²) in [5.41, 5.74) is 0. The first-order chi connectivity index (χ1) is 7.72. The highest BCUT2D eigenvalue weighted by molar-refractivity contribution is 6.29. The Balaban J connectivity index is 2.09. The first kappa shape index (κ1) is 11.5. The Morgan fingerprint density at radius 3 is 3.12 bits per heavy atom. The van der Waals surface area contributed by atoms with E-state index < -0.39 is 0 Å². The Kier molecular flexibility index (Phi) is 3.51. The Labute approximate surface area is 99.5 Å². The van der Waals surface area contributed by atoms with Crippen LogP contribution in [0.1, 0.15) is 23.4 Å². The summed E-state index contributed by atoms with van der Waals surface area (Å²) in [4.78, 5) is 13.9. The van der Waals surface area contributed by atoms with Crippen LogP contribution in [0.2, 0.25) is 5.22 Å². The normalized spacial score (nSPS) is 20.4. The number of hydrogen-bond acceptors (Lipinski definition) is 3. The van der Waals surface area contributed by atoms with Crippen LogP contribution >= 0.6 is 11.6 Å². The highest BCUT2D eigenvalue weighted by atomic mass is 35.5. The van der Waals surface area contributed by atoms with Gasteiger partial charge in [-0.25, -0.2) is 0 Å². The van der Waals surface area contributed by atoms with Crippen molar-refractivity contribution in [1.29, 1.82) is 0 Å². The number of likely N-dealkylation sites (N-methyl/N-ethyl adjacent to an activating group) is 1.